The van der Waals surface area contributed by atoms with Gasteiger partial charge in [0.2, 0.25) is 0 Å². The Morgan fingerprint density at radius 2 is 2.19 bits per heavy atom. The number of carbonyl (C=O) groups excluding carboxylic acids is 1. The van der Waals surface area contributed by atoms with Crippen LogP contribution in [0.4, 0.5) is 4.79 Å². The van der Waals surface area contributed by atoms with E-state index in [-0.39, 0.29) is 5.78 Å². The fourth-order valence-corrected chi connectivity index (χ4v) is 2.06. The fraction of sp³-hybridized carbons (Fsp3) is 0.818. The summed E-state index contributed by atoms with van der Waals surface area (Å²) in [6.45, 7) is 2.13. The summed E-state index contributed by atoms with van der Waals surface area (Å²) in [5.41, 5.74) is -0.739. The highest BCUT2D eigenvalue weighted by atomic mass is 16.6. The van der Waals surface area contributed by atoms with Gasteiger partial charge in [0.15, 0.2) is 5.78 Å². The van der Waals surface area contributed by atoms with E-state index in [0.717, 1.165) is 12.8 Å². The van der Waals surface area contributed by atoms with Crippen LogP contribution in [-0.2, 0) is 9.53 Å². The van der Waals surface area contributed by atoms with E-state index in [0.29, 0.717) is 18.9 Å². The maximum Gasteiger partial charge on any atom is 0.405 e. The first-order valence-corrected chi connectivity index (χ1v) is 5.69. The van der Waals surface area contributed by atoms with Crippen LogP contribution in [0.15, 0.2) is 0 Å². The maximum absolute atomic E-state index is 12.0. The summed E-state index contributed by atoms with van der Waals surface area (Å²) < 4.78 is 5.07. The molecule has 1 saturated carbocycles. The first kappa shape index (κ1) is 11.4. The SMILES string of the molecule is CC1(C(=O)C(CC2CCC2)NC(=O)O)CO1. The molecule has 2 unspecified atom stereocenters. The van der Waals surface area contributed by atoms with Gasteiger partial charge in [0.25, 0.3) is 0 Å². The lowest BCUT2D eigenvalue weighted by atomic mass is 9.79. The number of Topliss-reactive ketones (excluding diaryl/α,β-unsaturated/α-hetero) is 1. The first-order chi connectivity index (χ1) is 7.51. The summed E-state index contributed by atoms with van der Waals surface area (Å²) in [6, 6.07) is -0.602. The van der Waals surface area contributed by atoms with Crippen LogP contribution in [0.5, 0.6) is 0 Å². The van der Waals surface area contributed by atoms with Crippen molar-refractivity contribution in [2.24, 2.45) is 5.92 Å². The number of ketones is 1. The Kier molecular flexibility index (Phi) is 2.88. The van der Waals surface area contributed by atoms with E-state index < -0.39 is 17.7 Å². The third-order valence-corrected chi connectivity index (χ3v) is 3.51. The van der Waals surface area contributed by atoms with Crippen LogP contribution >= 0.6 is 0 Å². The predicted molar refractivity (Wildman–Crippen MR) is 56.3 cm³/mol. The number of carbonyl (C=O) groups is 2. The standard InChI is InChI=1S/C11H17NO4/c1-11(6-16-11)9(13)8(12-10(14)15)5-7-3-2-4-7/h7-8,12H,2-6H2,1H3,(H,14,15). The molecule has 2 N–H and O–H groups in total. The highest BCUT2D eigenvalue weighted by Crippen LogP contribution is 2.34. The van der Waals surface area contributed by atoms with Crippen LogP contribution in [0.2, 0.25) is 0 Å². The molecule has 5 nitrogen and oxygen atoms in total. The number of hydrogen-bond donors (Lipinski definition) is 2. The molecule has 5 heteroatoms. The zero-order valence-corrected chi connectivity index (χ0v) is 9.36. The van der Waals surface area contributed by atoms with Gasteiger partial charge >= 0.3 is 6.09 Å². The Bertz CT molecular complexity index is 307. The number of amides is 1. The molecule has 0 radical (unpaired) electrons. The zero-order valence-electron chi connectivity index (χ0n) is 9.36. The van der Waals surface area contributed by atoms with E-state index in [1.165, 1.54) is 6.42 Å². The summed E-state index contributed by atoms with van der Waals surface area (Å²) in [4.78, 5) is 22.6. The molecule has 1 aliphatic carbocycles. The average molecular weight is 227 g/mol. The molecule has 0 aromatic heterocycles. The molecule has 2 atom stereocenters. The second kappa shape index (κ2) is 4.05. The highest BCUT2D eigenvalue weighted by Gasteiger charge is 2.50. The number of epoxide rings is 1. The lowest BCUT2D eigenvalue weighted by Crippen LogP contribution is -2.47. The molecular weight excluding hydrogens is 210 g/mol. The minimum Gasteiger partial charge on any atom is -0.465 e. The van der Waals surface area contributed by atoms with E-state index in [1.54, 1.807) is 6.92 Å². The number of hydrogen-bond acceptors (Lipinski definition) is 3. The Hall–Kier alpha value is -1.10. The number of rotatable bonds is 5. The monoisotopic (exact) mass is 227 g/mol. The second-order valence-electron chi connectivity index (χ2n) is 4.92. The van der Waals surface area contributed by atoms with Gasteiger partial charge in [-0.15, -0.1) is 0 Å². The zero-order chi connectivity index (χ0) is 11.8. The Morgan fingerprint density at radius 1 is 1.56 bits per heavy atom. The van der Waals surface area contributed by atoms with Gasteiger partial charge in [-0.25, -0.2) is 4.79 Å². The molecular formula is C11H17NO4. The van der Waals surface area contributed by atoms with E-state index in [4.69, 9.17) is 9.84 Å². The summed E-state index contributed by atoms with van der Waals surface area (Å²) >= 11 is 0. The normalized spacial score (nSPS) is 30.3. The summed E-state index contributed by atoms with van der Waals surface area (Å²) in [6.07, 6.45) is 2.86. The van der Waals surface area contributed by atoms with Crippen molar-refractivity contribution in [3.63, 3.8) is 0 Å². The molecule has 0 bridgehead atoms. The minimum atomic E-state index is -1.14. The van der Waals surface area contributed by atoms with E-state index in [1.807, 2.05) is 0 Å². The van der Waals surface area contributed by atoms with E-state index in [9.17, 15) is 9.59 Å². The smallest absolute Gasteiger partial charge is 0.405 e. The number of ether oxygens (including phenoxy) is 1. The molecule has 2 rings (SSSR count). The average Bonchev–Trinajstić information content (AvgIpc) is 2.87. The van der Waals surface area contributed by atoms with Crippen molar-refractivity contribution in [1.29, 1.82) is 0 Å². The third-order valence-electron chi connectivity index (χ3n) is 3.51. The molecule has 0 aromatic carbocycles. The predicted octanol–water partition coefficient (Wildman–Crippen LogP) is 1.17. The van der Waals surface area contributed by atoms with Crippen molar-refractivity contribution in [2.45, 2.75) is 44.2 Å². The van der Waals surface area contributed by atoms with Gasteiger partial charge < -0.3 is 15.2 Å². The van der Waals surface area contributed by atoms with Crippen LogP contribution in [0.3, 0.4) is 0 Å². The van der Waals surface area contributed by atoms with Crippen LogP contribution < -0.4 is 5.32 Å². The number of nitrogens with one attached hydrogen (secondary N) is 1. The van der Waals surface area contributed by atoms with Gasteiger partial charge in [-0.3, -0.25) is 4.79 Å². The van der Waals surface area contributed by atoms with Crippen molar-refractivity contribution < 1.29 is 19.4 Å². The summed E-state index contributed by atoms with van der Waals surface area (Å²) in [5, 5.41) is 11.0. The van der Waals surface area contributed by atoms with Crippen molar-refractivity contribution in [3.8, 4) is 0 Å². The largest absolute Gasteiger partial charge is 0.465 e. The van der Waals surface area contributed by atoms with Gasteiger partial charge in [0.1, 0.15) is 5.60 Å². The summed E-state index contributed by atoms with van der Waals surface area (Å²) in [5.74, 6) is 0.366. The third kappa shape index (κ3) is 2.35. The van der Waals surface area contributed by atoms with Gasteiger partial charge in [-0.2, -0.15) is 0 Å². The lowest BCUT2D eigenvalue weighted by Gasteiger charge is -2.29. The molecule has 0 aromatic rings. The first-order valence-electron chi connectivity index (χ1n) is 5.69. The molecule has 1 aliphatic heterocycles. The van der Waals surface area contributed by atoms with Crippen molar-refractivity contribution in [2.75, 3.05) is 6.61 Å². The molecule has 90 valence electrons. The molecule has 1 amide bonds. The van der Waals surface area contributed by atoms with Gasteiger partial charge in [-0.05, 0) is 19.3 Å². The molecule has 1 saturated heterocycles. The summed E-state index contributed by atoms with van der Waals surface area (Å²) in [7, 11) is 0. The topological polar surface area (TPSA) is 78.9 Å². The van der Waals surface area contributed by atoms with Gasteiger partial charge in [0.05, 0.1) is 12.6 Å². The quantitative estimate of drug-likeness (QED) is 0.691. The Morgan fingerprint density at radius 3 is 2.56 bits per heavy atom. The molecule has 2 fully saturated rings. The van der Waals surface area contributed by atoms with Crippen molar-refractivity contribution in [3.05, 3.63) is 0 Å². The maximum atomic E-state index is 12.0. The fourth-order valence-electron chi connectivity index (χ4n) is 2.06. The molecule has 16 heavy (non-hydrogen) atoms. The van der Waals surface area contributed by atoms with Crippen LogP contribution in [-0.4, -0.2) is 35.2 Å². The van der Waals surface area contributed by atoms with Gasteiger partial charge in [0, 0.05) is 0 Å². The highest BCUT2D eigenvalue weighted by molar-refractivity contribution is 5.95. The van der Waals surface area contributed by atoms with Crippen molar-refractivity contribution in [1.82, 2.24) is 5.32 Å². The second-order valence-corrected chi connectivity index (χ2v) is 4.92. The van der Waals surface area contributed by atoms with E-state index >= 15 is 0 Å². The van der Waals surface area contributed by atoms with Crippen LogP contribution in [0, 0.1) is 5.92 Å². The molecule has 1 heterocycles. The van der Waals surface area contributed by atoms with Crippen molar-refractivity contribution >= 4 is 11.9 Å². The number of carboxylic acid groups (broad SMARTS) is 1. The molecule has 0 spiro atoms. The Labute approximate surface area is 94.2 Å². The van der Waals surface area contributed by atoms with Gasteiger partial charge in [-0.1, -0.05) is 19.3 Å². The lowest BCUT2D eigenvalue weighted by molar-refractivity contribution is -0.126. The van der Waals surface area contributed by atoms with Crippen LogP contribution in [0.1, 0.15) is 32.6 Å². The van der Waals surface area contributed by atoms with Crippen LogP contribution in [0.25, 0.3) is 0 Å². The molecule has 2 aliphatic rings. The van der Waals surface area contributed by atoms with E-state index in [2.05, 4.69) is 5.32 Å². The Balaban J connectivity index is 1.95. The minimum absolute atomic E-state index is 0.123.